The van der Waals surface area contributed by atoms with Crippen molar-refractivity contribution in [3.63, 3.8) is 0 Å². The number of nitrogens with zero attached hydrogens (tertiary/aromatic N) is 1. The summed E-state index contributed by atoms with van der Waals surface area (Å²) >= 11 is 0. The quantitative estimate of drug-likeness (QED) is 0.918. The van der Waals surface area contributed by atoms with E-state index in [2.05, 4.69) is 30.2 Å². The Hall–Kier alpha value is -1.97. The van der Waals surface area contributed by atoms with Crippen molar-refractivity contribution in [3.05, 3.63) is 23.8 Å². The van der Waals surface area contributed by atoms with Gasteiger partial charge in [0.1, 0.15) is 19.0 Å². The van der Waals surface area contributed by atoms with Gasteiger partial charge in [-0.3, -0.25) is 0 Å². The Labute approximate surface area is 112 Å². The molecule has 3 rings (SSSR count). The van der Waals surface area contributed by atoms with E-state index in [0.29, 0.717) is 13.2 Å². The number of hydrogen-bond donors (Lipinski definition) is 1. The predicted molar refractivity (Wildman–Crippen MR) is 76.3 cm³/mol. The minimum absolute atomic E-state index is 0.602. The van der Waals surface area contributed by atoms with E-state index < -0.39 is 0 Å². The third-order valence-electron chi connectivity index (χ3n) is 3.21. The smallest absolute Gasteiger partial charge is 0.163 e. The van der Waals surface area contributed by atoms with Gasteiger partial charge in [-0.25, -0.2) is 4.98 Å². The van der Waals surface area contributed by atoms with Gasteiger partial charge in [0, 0.05) is 18.0 Å². The fourth-order valence-corrected chi connectivity index (χ4v) is 2.24. The van der Waals surface area contributed by atoms with Gasteiger partial charge in [-0.2, -0.15) is 0 Å². The van der Waals surface area contributed by atoms with Crippen LogP contribution < -0.4 is 14.8 Å². The number of hydrogen-bond acceptors (Lipinski definition) is 4. The van der Waals surface area contributed by atoms with E-state index in [1.54, 1.807) is 0 Å². The monoisotopic (exact) mass is 258 g/mol. The van der Waals surface area contributed by atoms with Crippen LogP contribution in [0, 0.1) is 6.92 Å². The zero-order valence-corrected chi connectivity index (χ0v) is 11.3. The fourth-order valence-electron chi connectivity index (χ4n) is 2.24. The van der Waals surface area contributed by atoms with Gasteiger partial charge < -0.3 is 14.8 Å². The molecule has 2 aromatic rings. The Kier molecular flexibility index (Phi) is 3.15. The van der Waals surface area contributed by atoms with E-state index in [1.807, 2.05) is 12.1 Å². The van der Waals surface area contributed by atoms with Crippen molar-refractivity contribution < 1.29 is 9.47 Å². The van der Waals surface area contributed by atoms with E-state index in [4.69, 9.17) is 9.47 Å². The fraction of sp³-hybridized carbons (Fsp3) is 0.400. The largest absolute Gasteiger partial charge is 0.486 e. The average molecular weight is 258 g/mol. The SMILES string of the molecule is CCCNc1nc2cc3c(cc2cc1C)OCCO3. The maximum Gasteiger partial charge on any atom is 0.163 e. The van der Waals surface area contributed by atoms with Crippen LogP contribution in [0.15, 0.2) is 18.2 Å². The molecule has 0 amide bonds. The highest BCUT2D eigenvalue weighted by Gasteiger charge is 2.14. The molecule has 0 fully saturated rings. The summed E-state index contributed by atoms with van der Waals surface area (Å²) in [6.07, 6.45) is 1.08. The Bertz CT molecular complexity index is 611. The van der Waals surface area contributed by atoms with Crippen LogP contribution in [0.2, 0.25) is 0 Å². The lowest BCUT2D eigenvalue weighted by Crippen LogP contribution is -2.15. The number of pyridine rings is 1. The molecular formula is C15H18N2O2. The number of aryl methyl sites for hydroxylation is 1. The van der Waals surface area contributed by atoms with Gasteiger partial charge >= 0.3 is 0 Å². The van der Waals surface area contributed by atoms with Crippen molar-refractivity contribution in [1.82, 2.24) is 4.98 Å². The van der Waals surface area contributed by atoms with Crippen LogP contribution in [0.4, 0.5) is 5.82 Å². The number of anilines is 1. The zero-order chi connectivity index (χ0) is 13.2. The molecule has 19 heavy (non-hydrogen) atoms. The number of rotatable bonds is 3. The second-order valence-corrected chi connectivity index (χ2v) is 4.77. The molecule has 4 heteroatoms. The number of nitrogens with one attached hydrogen (secondary N) is 1. The van der Waals surface area contributed by atoms with Crippen molar-refractivity contribution in [3.8, 4) is 11.5 Å². The van der Waals surface area contributed by atoms with Gasteiger partial charge in [-0.05, 0) is 31.0 Å². The van der Waals surface area contributed by atoms with Crippen LogP contribution in [0.3, 0.4) is 0 Å². The first-order valence-corrected chi connectivity index (χ1v) is 6.73. The summed E-state index contributed by atoms with van der Waals surface area (Å²) in [5.41, 5.74) is 2.09. The molecule has 0 saturated heterocycles. The molecule has 0 spiro atoms. The van der Waals surface area contributed by atoms with Gasteiger partial charge in [0.25, 0.3) is 0 Å². The van der Waals surface area contributed by atoms with Crippen LogP contribution >= 0.6 is 0 Å². The van der Waals surface area contributed by atoms with E-state index in [-0.39, 0.29) is 0 Å². The van der Waals surface area contributed by atoms with Crippen molar-refractivity contribution in [2.45, 2.75) is 20.3 Å². The lowest BCUT2D eigenvalue weighted by Gasteiger charge is -2.19. The lowest BCUT2D eigenvalue weighted by atomic mass is 10.1. The van der Waals surface area contributed by atoms with Gasteiger partial charge in [0.05, 0.1) is 5.52 Å². The van der Waals surface area contributed by atoms with Crippen LogP contribution in [0.1, 0.15) is 18.9 Å². The number of ether oxygens (including phenoxy) is 2. The molecule has 1 aromatic carbocycles. The molecule has 1 aliphatic rings. The number of aromatic nitrogens is 1. The summed E-state index contributed by atoms with van der Waals surface area (Å²) in [7, 11) is 0. The first-order valence-electron chi connectivity index (χ1n) is 6.73. The molecule has 0 saturated carbocycles. The van der Waals surface area contributed by atoms with Gasteiger partial charge in [-0.15, -0.1) is 0 Å². The third kappa shape index (κ3) is 2.30. The van der Waals surface area contributed by atoms with E-state index in [9.17, 15) is 0 Å². The van der Waals surface area contributed by atoms with Crippen LogP contribution in [-0.2, 0) is 0 Å². The minimum atomic E-state index is 0.602. The average Bonchev–Trinajstić information content (AvgIpc) is 2.43. The molecule has 1 aromatic heterocycles. The van der Waals surface area contributed by atoms with Crippen molar-refractivity contribution in [1.29, 1.82) is 0 Å². The number of fused-ring (bicyclic) bond motifs is 2. The maximum atomic E-state index is 5.60. The van der Waals surface area contributed by atoms with Gasteiger partial charge in [0.2, 0.25) is 0 Å². The second-order valence-electron chi connectivity index (χ2n) is 4.77. The maximum absolute atomic E-state index is 5.60. The zero-order valence-electron chi connectivity index (χ0n) is 11.3. The molecule has 0 bridgehead atoms. The first kappa shape index (κ1) is 12.1. The summed E-state index contributed by atoms with van der Waals surface area (Å²) in [5.74, 6) is 2.55. The summed E-state index contributed by atoms with van der Waals surface area (Å²) in [6.45, 7) is 6.36. The van der Waals surface area contributed by atoms with Crippen LogP contribution in [0.25, 0.3) is 10.9 Å². The second kappa shape index (κ2) is 4.96. The van der Waals surface area contributed by atoms with Gasteiger partial charge in [0.15, 0.2) is 11.5 Å². The van der Waals surface area contributed by atoms with E-state index >= 15 is 0 Å². The Morgan fingerprint density at radius 3 is 2.63 bits per heavy atom. The Balaban J connectivity index is 2.06. The summed E-state index contributed by atoms with van der Waals surface area (Å²) in [5, 5.41) is 4.44. The summed E-state index contributed by atoms with van der Waals surface area (Å²) in [6, 6.07) is 6.10. The predicted octanol–water partition coefficient (Wildman–Crippen LogP) is 3.14. The molecule has 0 aliphatic carbocycles. The van der Waals surface area contributed by atoms with E-state index in [1.165, 1.54) is 0 Å². The summed E-state index contributed by atoms with van der Waals surface area (Å²) < 4.78 is 11.2. The molecule has 100 valence electrons. The highest BCUT2D eigenvalue weighted by Crippen LogP contribution is 2.35. The number of benzene rings is 1. The highest BCUT2D eigenvalue weighted by atomic mass is 16.6. The molecule has 0 radical (unpaired) electrons. The normalized spacial score (nSPS) is 13.6. The molecule has 0 atom stereocenters. The van der Waals surface area contributed by atoms with Crippen molar-refractivity contribution >= 4 is 16.7 Å². The molecule has 2 heterocycles. The molecule has 1 N–H and O–H groups in total. The van der Waals surface area contributed by atoms with Crippen LogP contribution in [-0.4, -0.2) is 24.7 Å². The molecular weight excluding hydrogens is 240 g/mol. The minimum Gasteiger partial charge on any atom is -0.486 e. The Morgan fingerprint density at radius 2 is 1.89 bits per heavy atom. The highest BCUT2D eigenvalue weighted by molar-refractivity contribution is 5.85. The van der Waals surface area contributed by atoms with Gasteiger partial charge in [-0.1, -0.05) is 6.92 Å². The van der Waals surface area contributed by atoms with Crippen molar-refractivity contribution in [2.75, 3.05) is 25.1 Å². The standard InChI is InChI=1S/C15H18N2O2/c1-3-4-16-15-10(2)7-11-8-13-14(9-12(11)17-15)19-6-5-18-13/h7-9H,3-6H2,1-2H3,(H,16,17). The molecule has 0 unspecified atom stereocenters. The van der Waals surface area contributed by atoms with E-state index in [0.717, 1.165) is 46.7 Å². The van der Waals surface area contributed by atoms with Crippen molar-refractivity contribution in [2.24, 2.45) is 0 Å². The molecule has 1 aliphatic heterocycles. The first-order chi connectivity index (χ1) is 9.28. The van der Waals surface area contributed by atoms with Crippen LogP contribution in [0.5, 0.6) is 11.5 Å². The summed E-state index contributed by atoms with van der Waals surface area (Å²) in [4.78, 5) is 4.67. The lowest BCUT2D eigenvalue weighted by molar-refractivity contribution is 0.172. The Morgan fingerprint density at radius 1 is 1.16 bits per heavy atom. The third-order valence-corrected chi connectivity index (χ3v) is 3.21. The topological polar surface area (TPSA) is 43.4 Å². The molecule has 4 nitrogen and oxygen atoms in total.